The topological polar surface area (TPSA) is 75.5 Å². The fourth-order valence-corrected chi connectivity index (χ4v) is 4.81. The van der Waals surface area contributed by atoms with Gasteiger partial charge in [0.15, 0.2) is 0 Å². The zero-order valence-corrected chi connectivity index (χ0v) is 14.9. The summed E-state index contributed by atoms with van der Waals surface area (Å²) in [5, 5.41) is 4.17. The number of amides is 1. The van der Waals surface area contributed by atoms with Crippen LogP contribution < -0.4 is 4.90 Å². The molecule has 1 amide bonds. The third-order valence-corrected chi connectivity index (χ3v) is 7.35. The van der Waals surface area contributed by atoms with Crippen molar-refractivity contribution in [3.05, 3.63) is 11.8 Å². The molecule has 0 aliphatic carbocycles. The summed E-state index contributed by atoms with van der Waals surface area (Å²) in [5.41, 5.74) is 0.481. The highest BCUT2D eigenvalue weighted by Gasteiger charge is 2.46. The number of anilines is 1. The van der Waals surface area contributed by atoms with Crippen LogP contribution in [-0.4, -0.2) is 53.8 Å². The normalized spacial score (nSPS) is 22.0. The SMILES string of the molecule is Cc1cc2n(n1)C1(CCN(S(=O)(=O)C(C)C)CC1)CC(=O)N2C. The van der Waals surface area contributed by atoms with Gasteiger partial charge in [0, 0.05) is 26.2 Å². The summed E-state index contributed by atoms with van der Waals surface area (Å²) < 4.78 is 28.2. The van der Waals surface area contributed by atoms with Crippen molar-refractivity contribution in [2.24, 2.45) is 0 Å². The van der Waals surface area contributed by atoms with E-state index in [0.717, 1.165) is 11.5 Å². The number of aromatic nitrogens is 2. The molecule has 23 heavy (non-hydrogen) atoms. The van der Waals surface area contributed by atoms with Crippen LogP contribution in [0.25, 0.3) is 0 Å². The molecule has 3 heterocycles. The molecule has 1 saturated heterocycles. The molecule has 0 radical (unpaired) electrons. The molecule has 0 aromatic carbocycles. The number of nitrogens with zero attached hydrogens (tertiary/aromatic N) is 4. The monoisotopic (exact) mass is 340 g/mol. The summed E-state index contributed by atoms with van der Waals surface area (Å²) in [5.74, 6) is 0.872. The summed E-state index contributed by atoms with van der Waals surface area (Å²) in [6, 6.07) is 1.91. The number of carbonyl (C=O) groups is 1. The average Bonchev–Trinajstić information content (AvgIpc) is 2.88. The average molecular weight is 340 g/mol. The fraction of sp³-hybridized carbons (Fsp3) is 0.733. The van der Waals surface area contributed by atoms with E-state index in [4.69, 9.17) is 0 Å². The Hall–Kier alpha value is -1.41. The first-order valence-electron chi connectivity index (χ1n) is 8.00. The van der Waals surface area contributed by atoms with Crippen LogP contribution in [-0.2, 0) is 20.4 Å². The number of sulfonamides is 1. The van der Waals surface area contributed by atoms with Gasteiger partial charge in [-0.05, 0) is 33.6 Å². The number of hydrogen-bond donors (Lipinski definition) is 0. The molecular weight excluding hydrogens is 316 g/mol. The third-order valence-electron chi connectivity index (χ3n) is 5.07. The van der Waals surface area contributed by atoms with E-state index in [2.05, 4.69) is 5.10 Å². The van der Waals surface area contributed by atoms with Crippen LogP contribution in [0.1, 0.15) is 38.8 Å². The predicted molar refractivity (Wildman–Crippen MR) is 87.8 cm³/mol. The molecule has 1 spiro atoms. The molecule has 8 heteroatoms. The lowest BCUT2D eigenvalue weighted by atomic mass is 9.83. The summed E-state index contributed by atoms with van der Waals surface area (Å²) in [6.45, 7) is 6.20. The third kappa shape index (κ3) is 2.48. The minimum atomic E-state index is -3.24. The van der Waals surface area contributed by atoms with Crippen LogP contribution >= 0.6 is 0 Å². The van der Waals surface area contributed by atoms with Crippen LogP contribution in [0.5, 0.6) is 0 Å². The Morgan fingerprint density at radius 3 is 2.43 bits per heavy atom. The Kier molecular flexibility index (Phi) is 3.79. The van der Waals surface area contributed by atoms with Crippen LogP contribution in [0.4, 0.5) is 5.82 Å². The summed E-state index contributed by atoms with van der Waals surface area (Å²) >= 11 is 0. The van der Waals surface area contributed by atoms with Crippen molar-refractivity contribution in [3.63, 3.8) is 0 Å². The zero-order chi connectivity index (χ0) is 17.0. The van der Waals surface area contributed by atoms with Crippen molar-refractivity contribution >= 4 is 21.7 Å². The van der Waals surface area contributed by atoms with Crippen LogP contribution in [0.3, 0.4) is 0 Å². The van der Waals surface area contributed by atoms with Crippen LogP contribution in [0.15, 0.2) is 6.07 Å². The van der Waals surface area contributed by atoms with Gasteiger partial charge in [-0.2, -0.15) is 5.10 Å². The molecule has 2 aliphatic rings. The van der Waals surface area contributed by atoms with E-state index in [9.17, 15) is 13.2 Å². The first kappa shape index (κ1) is 16.4. The zero-order valence-electron chi connectivity index (χ0n) is 14.1. The van der Waals surface area contributed by atoms with E-state index in [1.807, 2.05) is 17.7 Å². The van der Waals surface area contributed by atoms with Gasteiger partial charge < -0.3 is 4.90 Å². The highest BCUT2D eigenvalue weighted by Crippen LogP contribution is 2.41. The molecule has 2 aliphatic heterocycles. The number of carbonyl (C=O) groups excluding carboxylic acids is 1. The van der Waals surface area contributed by atoms with E-state index >= 15 is 0 Å². The Labute approximate surface area is 137 Å². The summed E-state index contributed by atoms with van der Waals surface area (Å²) in [6.07, 6.45) is 1.62. The van der Waals surface area contributed by atoms with Crippen molar-refractivity contribution in [2.75, 3.05) is 25.0 Å². The first-order chi connectivity index (χ1) is 10.7. The lowest BCUT2D eigenvalue weighted by molar-refractivity contribution is -0.122. The van der Waals surface area contributed by atoms with Crippen molar-refractivity contribution < 1.29 is 13.2 Å². The van der Waals surface area contributed by atoms with Gasteiger partial charge in [0.05, 0.1) is 22.9 Å². The van der Waals surface area contributed by atoms with Gasteiger partial charge >= 0.3 is 0 Å². The van der Waals surface area contributed by atoms with E-state index < -0.39 is 20.8 Å². The van der Waals surface area contributed by atoms with Gasteiger partial charge in [0.2, 0.25) is 15.9 Å². The van der Waals surface area contributed by atoms with Gasteiger partial charge in [0.25, 0.3) is 0 Å². The highest BCUT2D eigenvalue weighted by molar-refractivity contribution is 7.89. The van der Waals surface area contributed by atoms with Gasteiger partial charge in [0.1, 0.15) is 5.82 Å². The highest BCUT2D eigenvalue weighted by atomic mass is 32.2. The summed E-state index contributed by atoms with van der Waals surface area (Å²) in [7, 11) is -1.48. The van der Waals surface area contributed by atoms with Gasteiger partial charge in [-0.1, -0.05) is 0 Å². The Morgan fingerprint density at radius 1 is 1.26 bits per heavy atom. The van der Waals surface area contributed by atoms with Gasteiger partial charge in [-0.15, -0.1) is 0 Å². The minimum absolute atomic E-state index is 0.0672. The molecule has 0 bridgehead atoms. The molecule has 1 aromatic rings. The van der Waals surface area contributed by atoms with E-state index in [1.54, 1.807) is 30.1 Å². The second-order valence-corrected chi connectivity index (χ2v) is 9.39. The molecule has 1 fully saturated rings. The molecule has 128 valence electrons. The minimum Gasteiger partial charge on any atom is -0.300 e. The second-order valence-electron chi connectivity index (χ2n) is 6.90. The van der Waals surface area contributed by atoms with Crippen molar-refractivity contribution in [3.8, 4) is 0 Å². The molecule has 0 atom stereocenters. The number of rotatable bonds is 2. The van der Waals surface area contributed by atoms with Crippen molar-refractivity contribution in [1.82, 2.24) is 14.1 Å². The standard InChI is InChI=1S/C15H24N4O3S/c1-11(2)23(21,22)18-7-5-15(6-8-18)10-14(20)17(4)13-9-12(3)16-19(13)15/h9,11H,5-8,10H2,1-4H3. The maximum atomic E-state index is 12.4. The Bertz CT molecular complexity index is 730. The van der Waals surface area contributed by atoms with Crippen molar-refractivity contribution in [1.29, 1.82) is 0 Å². The number of hydrogen-bond acceptors (Lipinski definition) is 4. The quantitative estimate of drug-likeness (QED) is 0.807. The van der Waals surface area contributed by atoms with Crippen LogP contribution in [0, 0.1) is 6.92 Å². The molecule has 0 unspecified atom stereocenters. The number of aryl methyl sites for hydroxylation is 1. The lowest BCUT2D eigenvalue weighted by Crippen LogP contribution is -2.54. The van der Waals surface area contributed by atoms with Crippen molar-refractivity contribution in [2.45, 2.75) is 50.8 Å². The molecule has 3 rings (SSSR count). The predicted octanol–water partition coefficient (Wildman–Crippen LogP) is 1.09. The van der Waals surface area contributed by atoms with Gasteiger partial charge in [-0.25, -0.2) is 17.4 Å². The summed E-state index contributed by atoms with van der Waals surface area (Å²) in [4.78, 5) is 14.0. The fourth-order valence-electron chi connectivity index (χ4n) is 3.52. The lowest BCUT2D eigenvalue weighted by Gasteiger charge is -2.45. The first-order valence-corrected chi connectivity index (χ1v) is 9.50. The van der Waals surface area contributed by atoms with E-state index in [1.165, 1.54) is 0 Å². The maximum Gasteiger partial charge on any atom is 0.230 e. The molecule has 0 saturated carbocycles. The second kappa shape index (κ2) is 5.31. The van der Waals surface area contributed by atoms with Crippen LogP contribution in [0.2, 0.25) is 0 Å². The van der Waals surface area contributed by atoms with E-state index in [0.29, 0.717) is 32.4 Å². The number of fused-ring (bicyclic) bond motifs is 2. The smallest absolute Gasteiger partial charge is 0.230 e. The van der Waals surface area contributed by atoms with E-state index in [-0.39, 0.29) is 5.91 Å². The number of piperidine rings is 1. The molecule has 0 N–H and O–H groups in total. The molecule has 1 aromatic heterocycles. The Balaban J connectivity index is 1.91. The largest absolute Gasteiger partial charge is 0.300 e. The maximum absolute atomic E-state index is 12.4. The molecular formula is C15H24N4O3S. The molecule has 7 nitrogen and oxygen atoms in total. The van der Waals surface area contributed by atoms with Gasteiger partial charge in [-0.3, -0.25) is 4.79 Å². The Morgan fingerprint density at radius 2 is 1.87 bits per heavy atom.